The minimum atomic E-state index is -4.96. The van der Waals surface area contributed by atoms with E-state index >= 15 is 0 Å². The highest BCUT2D eigenvalue weighted by Gasteiger charge is 2.39. The molecule has 2 fully saturated rings. The molecule has 8 rings (SSSR count). The third kappa shape index (κ3) is 22.0. The molecule has 0 aliphatic heterocycles. The molecular formula is C60H75BrF12N14Si2. The SMILES string of the molecule is C#C[Si](C)(C)C.CCN(CC1CCCC1)c1ncc(Br)cc1CN(Cc1cc(C(F)(F)F)cc(C(F)(F)F)c1)c1nnn(C)n1.CCN(CC1CCCC1)c1ncc(C#C[Si](C)(C)C)cc1CN(Cc1cc(C(F)(F)F)cc(C(F)(F)F)c1)c1nnn(C)n1. The molecule has 0 radical (unpaired) electrons. The van der Waals surface area contributed by atoms with Crippen LogP contribution < -0.4 is 19.6 Å². The van der Waals surface area contributed by atoms with E-state index in [1.54, 1.807) is 12.4 Å². The van der Waals surface area contributed by atoms with Crippen LogP contribution in [0.25, 0.3) is 0 Å². The van der Waals surface area contributed by atoms with Crippen molar-refractivity contribution in [2.45, 2.75) is 155 Å². The average Bonchev–Trinajstić information content (AvgIpc) is 1.27. The van der Waals surface area contributed by atoms with E-state index in [-0.39, 0.29) is 61.3 Å². The Morgan fingerprint density at radius 2 is 0.888 bits per heavy atom. The lowest BCUT2D eigenvalue weighted by Crippen LogP contribution is -2.32. The van der Waals surface area contributed by atoms with Gasteiger partial charge in [0.05, 0.1) is 49.4 Å². The smallest absolute Gasteiger partial charge is 0.356 e. The summed E-state index contributed by atoms with van der Waals surface area (Å²) in [6.07, 6.45) is -2.08. The molecule has 0 spiro atoms. The Morgan fingerprint density at radius 3 is 1.20 bits per heavy atom. The Balaban J connectivity index is 0.000000261. The van der Waals surface area contributed by atoms with Crippen molar-refractivity contribution in [3.63, 3.8) is 0 Å². The Hall–Kier alpha value is -6.73. The van der Waals surface area contributed by atoms with E-state index in [1.807, 2.05) is 26.0 Å². The molecule has 89 heavy (non-hydrogen) atoms. The maximum absolute atomic E-state index is 13.7. The zero-order valence-corrected chi connectivity index (χ0v) is 55.1. The molecule has 0 amide bonds. The zero-order valence-electron chi connectivity index (χ0n) is 51.5. The number of aromatic nitrogens is 10. The second kappa shape index (κ2) is 29.9. The minimum Gasteiger partial charge on any atom is -0.356 e. The number of hydrogen-bond donors (Lipinski definition) is 0. The number of pyridine rings is 2. The van der Waals surface area contributed by atoms with E-state index in [0.29, 0.717) is 52.2 Å². The maximum Gasteiger partial charge on any atom is 0.416 e. The zero-order chi connectivity index (χ0) is 65.9. The summed E-state index contributed by atoms with van der Waals surface area (Å²) in [7, 11) is 0.223. The van der Waals surface area contributed by atoms with Gasteiger partial charge in [-0.1, -0.05) is 81.1 Å². The molecule has 0 N–H and O–H groups in total. The van der Waals surface area contributed by atoms with Gasteiger partial charge in [-0.25, -0.2) is 9.97 Å². The number of aryl methyl sites for hydroxylation is 2. The van der Waals surface area contributed by atoms with Crippen LogP contribution in [0.4, 0.5) is 76.2 Å². The summed E-state index contributed by atoms with van der Waals surface area (Å²) in [5, 5.41) is 24.1. The normalized spacial score (nSPS) is 14.3. The number of tetrazole rings is 2. The van der Waals surface area contributed by atoms with Crippen LogP contribution in [0.1, 0.15) is 115 Å². The first kappa shape index (κ1) is 71.4. The van der Waals surface area contributed by atoms with Crippen LogP contribution >= 0.6 is 15.9 Å². The van der Waals surface area contributed by atoms with Crippen LogP contribution in [-0.4, -0.2) is 92.7 Å². The van der Waals surface area contributed by atoms with Gasteiger partial charge >= 0.3 is 24.7 Å². The van der Waals surface area contributed by atoms with Crippen molar-refractivity contribution < 1.29 is 52.7 Å². The average molecular weight is 1360 g/mol. The van der Waals surface area contributed by atoms with E-state index in [2.05, 4.69) is 118 Å². The molecule has 6 aromatic rings. The van der Waals surface area contributed by atoms with Crippen molar-refractivity contribution in [3.8, 4) is 23.4 Å². The van der Waals surface area contributed by atoms with Crippen LogP contribution in [0.3, 0.4) is 0 Å². The van der Waals surface area contributed by atoms with E-state index < -0.39 is 63.1 Å². The number of benzene rings is 2. The first-order valence-electron chi connectivity index (χ1n) is 29.1. The highest BCUT2D eigenvalue weighted by Crippen LogP contribution is 2.40. The van der Waals surface area contributed by atoms with Crippen molar-refractivity contribution >= 4 is 55.6 Å². The molecule has 4 aromatic heterocycles. The van der Waals surface area contributed by atoms with Crippen molar-refractivity contribution in [2.75, 3.05) is 45.8 Å². The van der Waals surface area contributed by atoms with Crippen molar-refractivity contribution in [1.82, 2.24) is 50.4 Å². The van der Waals surface area contributed by atoms with Gasteiger partial charge in [0.25, 0.3) is 11.9 Å². The predicted octanol–water partition coefficient (Wildman–Crippen LogP) is 15.2. The Labute approximate surface area is 522 Å². The fourth-order valence-electron chi connectivity index (χ4n) is 10.1. The molecule has 2 aromatic carbocycles. The quantitative estimate of drug-likeness (QED) is 0.0462. The van der Waals surface area contributed by atoms with Crippen LogP contribution in [0.2, 0.25) is 39.3 Å². The van der Waals surface area contributed by atoms with E-state index in [4.69, 9.17) is 11.4 Å². The van der Waals surface area contributed by atoms with Gasteiger partial charge in [0.15, 0.2) is 0 Å². The van der Waals surface area contributed by atoms with Gasteiger partial charge < -0.3 is 19.6 Å². The molecule has 0 atom stereocenters. The van der Waals surface area contributed by atoms with Gasteiger partial charge in [-0.3, -0.25) is 0 Å². The Kier molecular flexibility index (Phi) is 24.0. The number of anilines is 4. The highest BCUT2D eigenvalue weighted by molar-refractivity contribution is 9.10. The van der Waals surface area contributed by atoms with Crippen LogP contribution in [0.5, 0.6) is 0 Å². The predicted molar refractivity (Wildman–Crippen MR) is 329 cm³/mol. The standard InChI is InChI=1S/C30H37F6N7Si.C25H28BrF6N7.C5H10Si/c1-6-42(18-21-9-7-8-10-21)27-24(13-22(17-37-27)11-12-44(3,4)5)20-43(28-38-40-41(2)39-28)19-23-14-25(29(31,32)33)16-26(15-23)30(34,35)36;1-3-38(13-16-6-4-5-7-16)22-18(10-21(26)12-33-22)15-39(23-34-36-37(2)35-23)14-17-8-19(24(27,28)29)11-20(9-17)25(30,31)32;1-5-6(2,3)4/h13-17,21H,6-10,18-20H2,1-5H3;8-12,16H,3-7,13-15H2,1-2H3;1H,2-4H3. The fraction of sp³-hybridized carbons (Fsp3) is 0.533. The number of nitrogens with zero attached hydrogens (tertiary/aromatic N) is 14. The molecule has 2 saturated carbocycles. The summed E-state index contributed by atoms with van der Waals surface area (Å²) < 4.78 is 164. The molecule has 2 aliphatic rings. The van der Waals surface area contributed by atoms with E-state index in [0.717, 1.165) is 68.6 Å². The van der Waals surface area contributed by atoms with Crippen molar-refractivity contribution in [2.24, 2.45) is 25.9 Å². The first-order valence-corrected chi connectivity index (χ1v) is 36.9. The fourth-order valence-corrected chi connectivity index (χ4v) is 11.0. The summed E-state index contributed by atoms with van der Waals surface area (Å²) in [5.41, 5.74) is 2.28. The minimum absolute atomic E-state index is 0.0508. The van der Waals surface area contributed by atoms with Gasteiger partial charge in [0, 0.05) is 72.8 Å². The molecule has 29 heteroatoms. The third-order valence-electron chi connectivity index (χ3n) is 14.5. The number of hydrogen-bond acceptors (Lipinski definition) is 12. The summed E-state index contributed by atoms with van der Waals surface area (Å²) in [4.78, 5) is 19.1. The lowest BCUT2D eigenvalue weighted by molar-refractivity contribution is -0.144. The summed E-state index contributed by atoms with van der Waals surface area (Å²) >= 11 is 3.44. The topological polar surface area (TPSA) is 126 Å². The largest absolute Gasteiger partial charge is 0.416 e. The number of halogens is 13. The maximum atomic E-state index is 13.7. The molecule has 0 unspecified atom stereocenters. The Bertz CT molecular complexity index is 3330. The van der Waals surface area contributed by atoms with Gasteiger partial charge in [-0.05, 0) is 137 Å². The molecule has 2 aliphatic carbocycles. The molecule has 0 saturated heterocycles. The monoisotopic (exact) mass is 1350 g/mol. The lowest BCUT2D eigenvalue weighted by atomic mass is 10.0. The summed E-state index contributed by atoms with van der Waals surface area (Å²) in [6, 6.07) is 6.87. The second-order valence-electron chi connectivity index (χ2n) is 24.3. The van der Waals surface area contributed by atoms with E-state index in [9.17, 15) is 52.7 Å². The van der Waals surface area contributed by atoms with Crippen LogP contribution in [-0.2, 0) is 65.0 Å². The number of rotatable bonds is 18. The van der Waals surface area contributed by atoms with Crippen molar-refractivity contribution in [1.29, 1.82) is 0 Å². The Morgan fingerprint density at radius 1 is 0.528 bits per heavy atom. The van der Waals surface area contributed by atoms with Gasteiger partial charge in [0.1, 0.15) is 27.8 Å². The molecule has 0 bridgehead atoms. The number of terminal acetylenes is 1. The molecule has 4 heterocycles. The summed E-state index contributed by atoms with van der Waals surface area (Å²) in [6.45, 7) is 19.3. The van der Waals surface area contributed by atoms with Crippen LogP contribution in [0, 0.1) is 35.3 Å². The molecule has 14 nitrogen and oxygen atoms in total. The third-order valence-corrected chi connectivity index (χ3v) is 16.6. The summed E-state index contributed by atoms with van der Waals surface area (Å²) in [5.74, 6) is 5.76. The second-order valence-corrected chi connectivity index (χ2v) is 34.8. The van der Waals surface area contributed by atoms with Crippen molar-refractivity contribution in [3.05, 3.63) is 115 Å². The number of alkyl halides is 12. The van der Waals surface area contributed by atoms with Gasteiger partial charge in [-0.15, -0.1) is 27.7 Å². The first-order chi connectivity index (χ1) is 41.4. The lowest BCUT2D eigenvalue weighted by Gasteiger charge is -2.29. The van der Waals surface area contributed by atoms with E-state index in [1.165, 1.54) is 59.2 Å². The molecular weight excluding hydrogens is 1280 g/mol. The van der Waals surface area contributed by atoms with Gasteiger partial charge in [-0.2, -0.15) is 62.3 Å². The van der Waals surface area contributed by atoms with Gasteiger partial charge in [0.2, 0.25) is 0 Å². The highest BCUT2D eigenvalue weighted by atomic mass is 79.9. The van der Waals surface area contributed by atoms with Crippen LogP contribution in [0.15, 0.2) is 65.4 Å². The molecule has 484 valence electrons.